The van der Waals surface area contributed by atoms with Crippen LogP contribution in [-0.4, -0.2) is 205 Å². The lowest BCUT2D eigenvalue weighted by molar-refractivity contribution is -0.292. The van der Waals surface area contributed by atoms with Crippen LogP contribution >= 0.6 is 0 Å². The van der Waals surface area contributed by atoms with Gasteiger partial charge in [0.05, 0.1) is 185 Å². The van der Waals surface area contributed by atoms with Crippen LogP contribution in [0.15, 0.2) is 78.9 Å². The fourth-order valence-corrected chi connectivity index (χ4v) is 5.46. The molecule has 0 aromatic heterocycles. The Kier molecular flexibility index (Phi) is 46.2. The quantitative estimate of drug-likeness (QED) is 0.0297. The van der Waals surface area contributed by atoms with Crippen molar-refractivity contribution in [3.63, 3.8) is 0 Å². The molecule has 0 fully saturated rings. The van der Waals surface area contributed by atoms with E-state index in [2.05, 4.69) is 63.4 Å². The molecule has 0 aliphatic carbocycles. The summed E-state index contributed by atoms with van der Waals surface area (Å²) < 4.78 is 83.0. The molecule has 0 spiro atoms. The van der Waals surface area contributed by atoms with Crippen molar-refractivity contribution in [2.75, 3.05) is 205 Å². The lowest BCUT2D eigenvalue weighted by Crippen LogP contribution is -2.18. The molecule has 2 aromatic rings. The van der Waals surface area contributed by atoms with Crippen LogP contribution in [0, 0.1) is 0 Å². The van der Waals surface area contributed by atoms with Crippen LogP contribution in [0.1, 0.15) is 45.7 Å². The van der Waals surface area contributed by atoms with Crippen molar-refractivity contribution in [2.45, 2.75) is 40.0 Å². The summed E-state index contributed by atoms with van der Waals surface area (Å²) in [6.45, 7) is 32.6. The fourth-order valence-electron chi connectivity index (χ4n) is 5.46. The van der Waals surface area contributed by atoms with Crippen LogP contribution in [0.5, 0.6) is 5.75 Å². The molecule has 70 heavy (non-hydrogen) atoms. The molecule has 0 heterocycles. The van der Waals surface area contributed by atoms with Gasteiger partial charge in [0.15, 0.2) is 0 Å². The highest BCUT2D eigenvalue weighted by molar-refractivity contribution is 5.39. The van der Waals surface area contributed by atoms with Crippen molar-refractivity contribution in [2.24, 2.45) is 0 Å². The van der Waals surface area contributed by atoms with Gasteiger partial charge in [-0.15, -0.1) is 6.58 Å². The fraction of sp³-hybridized carbons (Fsp3) is 0.698. The minimum absolute atomic E-state index is 0.0738. The zero-order valence-electron chi connectivity index (χ0n) is 43.5. The summed E-state index contributed by atoms with van der Waals surface area (Å²) >= 11 is 0. The topological polar surface area (TPSA) is 157 Å². The Balaban J connectivity index is 0.00000588. The van der Waals surface area contributed by atoms with E-state index in [1.165, 1.54) is 16.7 Å². The van der Waals surface area contributed by atoms with Gasteiger partial charge in [-0.05, 0) is 44.0 Å². The van der Waals surface area contributed by atoms with Crippen molar-refractivity contribution in [3.8, 4) is 5.75 Å². The van der Waals surface area contributed by atoms with Gasteiger partial charge in [0.25, 0.3) is 0 Å². The molecule has 0 bridgehead atoms. The highest BCUT2D eigenvalue weighted by Crippen LogP contribution is 2.32. The van der Waals surface area contributed by atoms with Gasteiger partial charge in [0, 0.05) is 5.41 Å². The summed E-state index contributed by atoms with van der Waals surface area (Å²) in [6, 6.07) is 18.8. The second-order valence-corrected chi connectivity index (χ2v) is 16.2. The summed E-state index contributed by atoms with van der Waals surface area (Å²) in [5.41, 5.74) is 4.52. The summed E-state index contributed by atoms with van der Waals surface area (Å²) in [5.74, 6) is 0.831. The average Bonchev–Trinajstić information content (AvgIpc) is 3.35. The lowest BCUT2D eigenvalue weighted by Gasteiger charge is -2.26. The Morgan fingerprint density at radius 2 is 0.571 bits per heavy atom. The minimum atomic E-state index is -0.0738. The molecule has 404 valence electrons. The van der Waals surface area contributed by atoms with Crippen LogP contribution in [0.25, 0.3) is 0 Å². The molecule has 0 saturated carbocycles. The van der Waals surface area contributed by atoms with Crippen LogP contribution in [0.2, 0.25) is 0 Å². The van der Waals surface area contributed by atoms with Gasteiger partial charge < -0.3 is 71.1 Å². The monoisotopic (exact) mass is 999 g/mol. The maximum atomic E-state index is 5.83. The van der Waals surface area contributed by atoms with Gasteiger partial charge in [0.2, 0.25) is 0 Å². The van der Waals surface area contributed by atoms with Crippen LogP contribution in [0.3, 0.4) is 0 Å². The second kappa shape index (κ2) is 49.6. The number of rotatable bonds is 51. The molecular formula is C53H90O17. The summed E-state index contributed by atoms with van der Waals surface area (Å²) in [5, 5.41) is 0. The Labute approximate surface area is 420 Å². The Hall–Kier alpha value is -2.92. The van der Waals surface area contributed by atoms with Gasteiger partial charge in [0.1, 0.15) is 25.6 Å². The smallest absolute Gasteiger partial charge is 0.119 e. The van der Waals surface area contributed by atoms with Gasteiger partial charge in [-0.3, -0.25) is 0 Å². The number of benzene rings is 2. The van der Waals surface area contributed by atoms with Crippen molar-refractivity contribution < 1.29 is 80.8 Å². The Bertz CT molecular complexity index is 1410. The number of ether oxygens (including phenoxy) is 15. The summed E-state index contributed by atoms with van der Waals surface area (Å²) in [6.07, 6.45) is 0. The number of allylic oxidation sites excluding steroid dienone is 1. The molecule has 0 N–H and O–H groups in total. The van der Waals surface area contributed by atoms with Crippen molar-refractivity contribution >= 4 is 0 Å². The highest BCUT2D eigenvalue weighted by atomic mass is 17.2. The largest absolute Gasteiger partial charge is 0.491 e. The van der Waals surface area contributed by atoms with E-state index in [4.69, 9.17) is 80.8 Å². The molecule has 17 heteroatoms. The second-order valence-electron chi connectivity index (χ2n) is 16.2. The molecule has 0 aliphatic heterocycles. The number of hydrogen-bond donors (Lipinski definition) is 0. The molecule has 17 nitrogen and oxygen atoms in total. The van der Waals surface area contributed by atoms with E-state index >= 15 is 0 Å². The average molecular weight is 999 g/mol. The number of hydrogen-bond acceptors (Lipinski definition) is 17. The van der Waals surface area contributed by atoms with Crippen molar-refractivity contribution in [3.05, 3.63) is 90.0 Å². The van der Waals surface area contributed by atoms with Crippen LogP contribution in [-0.2, 0) is 81.5 Å². The van der Waals surface area contributed by atoms with Gasteiger partial charge in [-0.1, -0.05) is 74.0 Å². The predicted molar refractivity (Wildman–Crippen MR) is 269 cm³/mol. The summed E-state index contributed by atoms with van der Waals surface area (Å²) in [4.78, 5) is 9.86. The van der Waals surface area contributed by atoms with Crippen LogP contribution in [0.4, 0.5) is 0 Å². The minimum Gasteiger partial charge on any atom is -0.491 e. The molecule has 0 radical (unpaired) electrons. The van der Waals surface area contributed by atoms with E-state index in [-0.39, 0.29) is 5.41 Å². The van der Waals surface area contributed by atoms with E-state index in [1.807, 2.05) is 39.0 Å². The maximum absolute atomic E-state index is 5.83. The molecular weight excluding hydrogens is 909 g/mol. The molecule has 0 saturated heterocycles. The third-order valence-corrected chi connectivity index (χ3v) is 9.10. The van der Waals surface area contributed by atoms with E-state index in [1.54, 1.807) is 0 Å². The first-order valence-corrected chi connectivity index (χ1v) is 24.6. The Morgan fingerprint density at radius 3 is 0.843 bits per heavy atom. The zero-order chi connectivity index (χ0) is 50.7. The highest BCUT2D eigenvalue weighted by Gasteiger charge is 2.22. The van der Waals surface area contributed by atoms with E-state index in [0.717, 1.165) is 11.3 Å². The SMILES string of the molecule is C=C(C)C.C=C(C)COOCCOCCOCCOCCOCCOCCOCCOCCOCCOCCOCCOCCOCCOCCOCCOc1ccc(C(C)(C)c2ccccc2)cc1. The van der Waals surface area contributed by atoms with Crippen LogP contribution < -0.4 is 4.74 Å². The molecule has 0 atom stereocenters. The molecule has 2 rings (SSSR count). The normalized spacial score (nSPS) is 11.4. The van der Waals surface area contributed by atoms with E-state index < -0.39 is 0 Å². The summed E-state index contributed by atoms with van der Waals surface area (Å²) in [7, 11) is 0. The van der Waals surface area contributed by atoms with Gasteiger partial charge in [-0.2, -0.15) is 0 Å². The Morgan fingerprint density at radius 1 is 0.329 bits per heavy atom. The standard InChI is InChI=1S/C49H82O17.C4H8/c1-45(2)44-66-65-43-41-63-39-37-61-35-33-59-31-29-57-27-25-55-23-21-53-19-17-51-15-14-50-16-18-52-20-22-54-24-26-56-28-30-58-32-34-60-36-38-62-40-42-64-48-12-10-47(11-13-48)49(3,4)46-8-6-5-7-9-46;1-4(2)3/h5-13H,1,14-44H2,2-4H3;1H2,2-3H3. The maximum Gasteiger partial charge on any atom is 0.119 e. The first-order valence-electron chi connectivity index (χ1n) is 24.6. The zero-order valence-corrected chi connectivity index (χ0v) is 43.5. The molecule has 0 unspecified atom stereocenters. The first kappa shape index (κ1) is 65.1. The third-order valence-electron chi connectivity index (χ3n) is 9.10. The predicted octanol–water partition coefficient (Wildman–Crippen LogP) is 6.73. The van der Waals surface area contributed by atoms with Gasteiger partial charge in [-0.25, -0.2) is 9.78 Å². The van der Waals surface area contributed by atoms with E-state index in [9.17, 15) is 0 Å². The first-order chi connectivity index (χ1) is 34.2. The molecule has 2 aromatic carbocycles. The van der Waals surface area contributed by atoms with Gasteiger partial charge >= 0.3 is 0 Å². The van der Waals surface area contributed by atoms with E-state index in [0.29, 0.717) is 205 Å². The molecule has 0 aliphatic rings. The van der Waals surface area contributed by atoms with Crippen molar-refractivity contribution in [1.82, 2.24) is 0 Å². The lowest BCUT2D eigenvalue weighted by atomic mass is 9.78. The van der Waals surface area contributed by atoms with Crippen molar-refractivity contribution in [1.29, 1.82) is 0 Å². The third kappa shape index (κ3) is 43.8. The molecule has 0 amide bonds.